The summed E-state index contributed by atoms with van der Waals surface area (Å²) in [5.74, 6) is 0.456. The molecule has 1 N–H and O–H groups in total. The van der Waals surface area contributed by atoms with Crippen LogP contribution in [0.15, 0.2) is 33.9 Å². The quantitative estimate of drug-likeness (QED) is 0.755. The first kappa shape index (κ1) is 17.1. The van der Waals surface area contributed by atoms with E-state index >= 15 is 0 Å². The molecule has 0 radical (unpaired) electrons. The van der Waals surface area contributed by atoms with E-state index in [4.69, 9.17) is 4.42 Å². The predicted octanol–water partition coefficient (Wildman–Crippen LogP) is 2.20. The molecule has 1 amide bonds. The monoisotopic (exact) mass is 358 g/mol. The lowest BCUT2D eigenvalue weighted by Gasteiger charge is -2.08. The van der Waals surface area contributed by atoms with Gasteiger partial charge in [-0.25, -0.2) is 9.97 Å². The van der Waals surface area contributed by atoms with Crippen molar-refractivity contribution < 1.29 is 9.21 Å². The fourth-order valence-electron chi connectivity index (χ4n) is 2.28. The highest BCUT2D eigenvalue weighted by Gasteiger charge is 2.13. The molecular weight excluding hydrogens is 340 g/mol. The SMILES string of the molecule is Cc1nc(-c2ccco2)sc1CNC(=O)Cn1cnc(C)c(C)c1=O. The summed E-state index contributed by atoms with van der Waals surface area (Å²) in [5.41, 5.74) is 1.88. The number of amides is 1. The Kier molecular flexibility index (Phi) is 4.80. The minimum absolute atomic E-state index is 0.0597. The van der Waals surface area contributed by atoms with Crippen LogP contribution in [-0.2, 0) is 17.9 Å². The summed E-state index contributed by atoms with van der Waals surface area (Å²) in [4.78, 5) is 33.8. The van der Waals surface area contributed by atoms with Gasteiger partial charge in [-0.2, -0.15) is 0 Å². The molecule has 25 heavy (non-hydrogen) atoms. The number of furan rings is 1. The molecule has 0 bridgehead atoms. The molecule has 0 saturated heterocycles. The van der Waals surface area contributed by atoms with Crippen molar-refractivity contribution in [3.8, 4) is 10.8 Å². The fourth-order valence-corrected chi connectivity index (χ4v) is 3.25. The van der Waals surface area contributed by atoms with Crippen molar-refractivity contribution in [3.63, 3.8) is 0 Å². The average molecular weight is 358 g/mol. The van der Waals surface area contributed by atoms with E-state index in [1.807, 2.05) is 19.1 Å². The molecule has 3 heterocycles. The lowest BCUT2D eigenvalue weighted by molar-refractivity contribution is -0.121. The van der Waals surface area contributed by atoms with Gasteiger partial charge in [0.1, 0.15) is 6.54 Å². The highest BCUT2D eigenvalue weighted by Crippen LogP contribution is 2.27. The predicted molar refractivity (Wildman–Crippen MR) is 94.4 cm³/mol. The van der Waals surface area contributed by atoms with Gasteiger partial charge in [0.15, 0.2) is 10.8 Å². The Hall–Kier alpha value is -2.74. The van der Waals surface area contributed by atoms with Crippen LogP contribution in [-0.4, -0.2) is 20.4 Å². The van der Waals surface area contributed by atoms with Gasteiger partial charge in [-0.1, -0.05) is 0 Å². The van der Waals surface area contributed by atoms with Crippen LogP contribution in [0, 0.1) is 20.8 Å². The Morgan fingerprint density at radius 1 is 1.32 bits per heavy atom. The van der Waals surface area contributed by atoms with Crippen LogP contribution in [0.1, 0.15) is 21.8 Å². The van der Waals surface area contributed by atoms with Gasteiger partial charge in [-0.15, -0.1) is 11.3 Å². The summed E-state index contributed by atoms with van der Waals surface area (Å²) in [5, 5.41) is 3.60. The summed E-state index contributed by atoms with van der Waals surface area (Å²) in [6, 6.07) is 3.66. The molecule has 3 rings (SSSR count). The number of hydrogen-bond donors (Lipinski definition) is 1. The molecular formula is C17H18N4O3S. The van der Waals surface area contributed by atoms with Crippen LogP contribution in [0.2, 0.25) is 0 Å². The third kappa shape index (κ3) is 3.69. The highest BCUT2D eigenvalue weighted by molar-refractivity contribution is 7.15. The number of aromatic nitrogens is 3. The summed E-state index contributed by atoms with van der Waals surface area (Å²) in [6.45, 7) is 5.66. The standard InChI is InChI=1S/C17H18N4O3S/c1-10-11(2)19-9-21(17(10)23)8-15(22)18-7-14-12(3)20-16(25-14)13-5-4-6-24-13/h4-6,9H,7-8H2,1-3H3,(H,18,22). The number of aryl methyl sites for hydroxylation is 2. The molecule has 130 valence electrons. The van der Waals surface area contributed by atoms with Gasteiger partial charge >= 0.3 is 0 Å². The van der Waals surface area contributed by atoms with Gasteiger partial charge in [0.25, 0.3) is 5.56 Å². The minimum Gasteiger partial charge on any atom is -0.462 e. The minimum atomic E-state index is -0.250. The molecule has 0 spiro atoms. The normalized spacial score (nSPS) is 10.8. The molecule has 7 nitrogen and oxygen atoms in total. The lowest BCUT2D eigenvalue weighted by atomic mass is 10.3. The summed E-state index contributed by atoms with van der Waals surface area (Å²) in [6.07, 6.45) is 3.00. The van der Waals surface area contributed by atoms with Crippen molar-refractivity contribution in [2.24, 2.45) is 0 Å². The number of nitrogens with one attached hydrogen (secondary N) is 1. The van der Waals surface area contributed by atoms with Gasteiger partial charge in [0, 0.05) is 16.1 Å². The first-order valence-electron chi connectivity index (χ1n) is 7.75. The first-order chi connectivity index (χ1) is 12.0. The number of thiazole rings is 1. The number of rotatable bonds is 5. The van der Waals surface area contributed by atoms with Crippen molar-refractivity contribution in [2.45, 2.75) is 33.9 Å². The van der Waals surface area contributed by atoms with Gasteiger partial charge in [0.05, 0.1) is 24.8 Å². The van der Waals surface area contributed by atoms with E-state index in [-0.39, 0.29) is 18.0 Å². The summed E-state index contributed by atoms with van der Waals surface area (Å²) >= 11 is 1.47. The van der Waals surface area contributed by atoms with Crippen molar-refractivity contribution in [1.29, 1.82) is 0 Å². The zero-order valence-corrected chi connectivity index (χ0v) is 15.0. The van der Waals surface area contributed by atoms with E-state index in [9.17, 15) is 9.59 Å². The van der Waals surface area contributed by atoms with Crippen molar-refractivity contribution >= 4 is 17.2 Å². The summed E-state index contributed by atoms with van der Waals surface area (Å²) in [7, 11) is 0. The van der Waals surface area contributed by atoms with E-state index in [0.29, 0.717) is 23.6 Å². The second-order valence-electron chi connectivity index (χ2n) is 5.67. The van der Waals surface area contributed by atoms with Crippen molar-refractivity contribution in [3.05, 3.63) is 56.9 Å². The van der Waals surface area contributed by atoms with Gasteiger partial charge in [-0.05, 0) is 32.9 Å². The molecule has 0 aliphatic rings. The maximum Gasteiger partial charge on any atom is 0.256 e. The Balaban J connectivity index is 1.65. The Bertz CT molecular complexity index is 957. The number of hydrogen-bond acceptors (Lipinski definition) is 6. The fraction of sp³-hybridized carbons (Fsp3) is 0.294. The zero-order chi connectivity index (χ0) is 18.0. The van der Waals surface area contributed by atoms with Crippen LogP contribution >= 0.6 is 11.3 Å². The molecule has 0 fully saturated rings. The average Bonchev–Trinajstić information content (AvgIpc) is 3.23. The van der Waals surface area contributed by atoms with E-state index in [0.717, 1.165) is 15.6 Å². The van der Waals surface area contributed by atoms with Crippen molar-refractivity contribution in [1.82, 2.24) is 19.9 Å². The smallest absolute Gasteiger partial charge is 0.256 e. The number of carbonyl (C=O) groups is 1. The van der Waals surface area contributed by atoms with E-state index < -0.39 is 0 Å². The third-order valence-corrected chi connectivity index (χ3v) is 5.07. The van der Waals surface area contributed by atoms with Crippen LogP contribution in [0.25, 0.3) is 10.8 Å². The van der Waals surface area contributed by atoms with Crippen LogP contribution in [0.5, 0.6) is 0 Å². The summed E-state index contributed by atoms with van der Waals surface area (Å²) < 4.78 is 6.65. The topological polar surface area (TPSA) is 90.0 Å². The second kappa shape index (κ2) is 7.02. The highest BCUT2D eigenvalue weighted by atomic mass is 32.1. The molecule has 0 aliphatic heterocycles. The van der Waals surface area contributed by atoms with Crippen LogP contribution < -0.4 is 10.9 Å². The number of nitrogens with zero attached hydrogens (tertiary/aromatic N) is 3. The van der Waals surface area contributed by atoms with Gasteiger partial charge < -0.3 is 9.73 Å². The molecule has 3 aromatic rings. The maximum absolute atomic E-state index is 12.1. The zero-order valence-electron chi connectivity index (χ0n) is 14.2. The van der Waals surface area contributed by atoms with E-state index in [1.165, 1.54) is 22.2 Å². The van der Waals surface area contributed by atoms with Gasteiger partial charge in [0.2, 0.25) is 5.91 Å². The molecule has 0 aliphatic carbocycles. The van der Waals surface area contributed by atoms with Crippen LogP contribution in [0.3, 0.4) is 0 Å². The van der Waals surface area contributed by atoms with Crippen LogP contribution in [0.4, 0.5) is 0 Å². The van der Waals surface area contributed by atoms with E-state index in [2.05, 4.69) is 15.3 Å². The molecule has 0 atom stereocenters. The molecule has 3 aromatic heterocycles. The van der Waals surface area contributed by atoms with Gasteiger partial charge in [-0.3, -0.25) is 14.2 Å². The molecule has 0 unspecified atom stereocenters. The largest absolute Gasteiger partial charge is 0.462 e. The third-order valence-electron chi connectivity index (χ3n) is 3.90. The number of carbonyl (C=O) groups excluding carboxylic acids is 1. The lowest BCUT2D eigenvalue weighted by Crippen LogP contribution is -2.33. The Labute approximate surface area is 148 Å². The van der Waals surface area contributed by atoms with Crippen molar-refractivity contribution in [2.75, 3.05) is 0 Å². The second-order valence-corrected chi connectivity index (χ2v) is 6.75. The maximum atomic E-state index is 12.1. The Morgan fingerprint density at radius 3 is 2.84 bits per heavy atom. The molecule has 0 saturated carbocycles. The van der Waals surface area contributed by atoms with E-state index in [1.54, 1.807) is 20.1 Å². The molecule has 8 heteroatoms. The Morgan fingerprint density at radius 2 is 2.12 bits per heavy atom. The first-order valence-corrected chi connectivity index (χ1v) is 8.57. The molecule has 0 aromatic carbocycles.